The minimum Gasteiger partial charge on any atom is -0.405 e. The van der Waals surface area contributed by atoms with E-state index < -0.39 is 6.36 Å². The molecule has 0 spiro atoms. The van der Waals surface area contributed by atoms with Crippen LogP contribution < -0.4 is 10.1 Å². The van der Waals surface area contributed by atoms with E-state index >= 15 is 0 Å². The highest BCUT2D eigenvalue weighted by molar-refractivity contribution is 5.85. The molecule has 0 unspecified atom stereocenters. The SMILES string of the molecule is CCCC[C@@H](c1ccccc1OC(F)(F)F)N1CCNCC1.Cl.Cl. The van der Waals surface area contributed by atoms with E-state index in [1.165, 1.54) is 6.07 Å². The van der Waals surface area contributed by atoms with Gasteiger partial charge in [0.1, 0.15) is 5.75 Å². The van der Waals surface area contributed by atoms with Gasteiger partial charge in [0.2, 0.25) is 0 Å². The van der Waals surface area contributed by atoms with Gasteiger partial charge in [-0.15, -0.1) is 38.0 Å². The maximum atomic E-state index is 12.6. The van der Waals surface area contributed by atoms with Crippen LogP contribution in [0.1, 0.15) is 37.8 Å². The largest absolute Gasteiger partial charge is 0.573 e. The third kappa shape index (κ3) is 7.05. The molecule has 140 valence electrons. The number of rotatable bonds is 6. The Morgan fingerprint density at radius 1 is 1.17 bits per heavy atom. The average molecular weight is 389 g/mol. The fourth-order valence-corrected chi connectivity index (χ4v) is 2.90. The standard InChI is InChI=1S/C16H23F3N2O.2ClH/c1-2-3-7-14(21-11-9-20-10-12-21)13-6-4-5-8-15(13)22-16(17,18)19;;/h4-6,8,14,20H,2-3,7,9-12H2,1H3;2*1H/t14-;;/m0../s1. The quantitative estimate of drug-likeness (QED) is 0.772. The summed E-state index contributed by atoms with van der Waals surface area (Å²) in [5, 5.41) is 3.28. The second-order valence-corrected chi connectivity index (χ2v) is 5.53. The van der Waals surface area contributed by atoms with Gasteiger partial charge in [0.25, 0.3) is 0 Å². The Morgan fingerprint density at radius 3 is 2.38 bits per heavy atom. The summed E-state index contributed by atoms with van der Waals surface area (Å²) in [6.07, 6.45) is -1.82. The maximum absolute atomic E-state index is 12.6. The molecule has 1 aromatic carbocycles. The van der Waals surface area contributed by atoms with Gasteiger partial charge in [0.05, 0.1) is 0 Å². The maximum Gasteiger partial charge on any atom is 0.573 e. The zero-order valence-corrected chi connectivity index (χ0v) is 15.3. The third-order valence-electron chi connectivity index (χ3n) is 3.93. The first-order chi connectivity index (χ1) is 10.5. The van der Waals surface area contributed by atoms with Gasteiger partial charge in [-0.1, -0.05) is 38.0 Å². The molecule has 0 aromatic heterocycles. The summed E-state index contributed by atoms with van der Waals surface area (Å²) >= 11 is 0. The highest BCUT2D eigenvalue weighted by Crippen LogP contribution is 2.35. The van der Waals surface area contributed by atoms with Crippen molar-refractivity contribution < 1.29 is 17.9 Å². The molecule has 8 heteroatoms. The van der Waals surface area contributed by atoms with E-state index in [4.69, 9.17) is 0 Å². The lowest BCUT2D eigenvalue weighted by atomic mass is 9.98. The number of piperazine rings is 1. The number of nitrogens with zero attached hydrogens (tertiary/aromatic N) is 1. The van der Waals surface area contributed by atoms with Crippen molar-refractivity contribution in [1.29, 1.82) is 0 Å². The molecule has 1 atom stereocenters. The molecule has 0 aliphatic carbocycles. The Bertz CT molecular complexity index is 469. The molecule has 3 nitrogen and oxygen atoms in total. The van der Waals surface area contributed by atoms with E-state index in [0.717, 1.165) is 45.4 Å². The molecule has 1 heterocycles. The molecular weight excluding hydrogens is 364 g/mol. The van der Waals surface area contributed by atoms with Crippen molar-refractivity contribution in [2.24, 2.45) is 0 Å². The van der Waals surface area contributed by atoms with E-state index in [1.807, 2.05) is 0 Å². The van der Waals surface area contributed by atoms with Crippen LogP contribution in [0, 0.1) is 0 Å². The van der Waals surface area contributed by atoms with E-state index in [0.29, 0.717) is 5.56 Å². The summed E-state index contributed by atoms with van der Waals surface area (Å²) in [4.78, 5) is 2.25. The lowest BCUT2D eigenvalue weighted by Gasteiger charge is -2.36. The molecular formula is C16H25Cl2F3N2O. The Kier molecular flexibility index (Phi) is 10.7. The molecule has 1 aliphatic rings. The number of ether oxygens (including phenoxy) is 1. The smallest absolute Gasteiger partial charge is 0.405 e. The van der Waals surface area contributed by atoms with Crippen LogP contribution in [-0.2, 0) is 0 Å². The molecule has 0 radical (unpaired) electrons. The normalized spacial score (nSPS) is 16.7. The minimum atomic E-state index is -4.66. The van der Waals surface area contributed by atoms with Gasteiger partial charge in [-0.05, 0) is 12.5 Å². The number of para-hydroxylation sites is 1. The van der Waals surface area contributed by atoms with Gasteiger partial charge in [0, 0.05) is 37.8 Å². The Hall–Kier alpha value is -0.690. The molecule has 24 heavy (non-hydrogen) atoms. The molecule has 1 aliphatic heterocycles. The number of benzene rings is 1. The Morgan fingerprint density at radius 2 is 1.79 bits per heavy atom. The van der Waals surface area contributed by atoms with Crippen molar-refractivity contribution in [2.75, 3.05) is 26.2 Å². The van der Waals surface area contributed by atoms with Crippen molar-refractivity contribution >= 4 is 24.8 Å². The first-order valence-corrected chi connectivity index (χ1v) is 7.80. The molecule has 2 rings (SSSR count). The van der Waals surface area contributed by atoms with Gasteiger partial charge in [0.15, 0.2) is 0 Å². The van der Waals surface area contributed by atoms with Gasteiger partial charge >= 0.3 is 6.36 Å². The number of nitrogens with one attached hydrogen (secondary N) is 1. The number of hydrogen-bond acceptors (Lipinski definition) is 3. The average Bonchev–Trinajstić information content (AvgIpc) is 2.49. The summed E-state index contributed by atoms with van der Waals surface area (Å²) < 4.78 is 42.1. The highest BCUT2D eigenvalue weighted by atomic mass is 35.5. The van der Waals surface area contributed by atoms with E-state index in [9.17, 15) is 13.2 Å². The predicted molar refractivity (Wildman–Crippen MR) is 94.3 cm³/mol. The lowest BCUT2D eigenvalue weighted by Crippen LogP contribution is -2.45. The number of unbranched alkanes of at least 4 members (excludes halogenated alkanes) is 1. The van der Waals surface area contributed by atoms with Crippen LogP contribution in [0.2, 0.25) is 0 Å². The molecule has 0 amide bonds. The molecule has 1 fully saturated rings. The molecule has 1 aromatic rings. The van der Waals surface area contributed by atoms with E-state index in [1.54, 1.807) is 18.2 Å². The summed E-state index contributed by atoms with van der Waals surface area (Å²) in [7, 11) is 0. The number of halogens is 5. The van der Waals surface area contributed by atoms with Crippen LogP contribution in [0.4, 0.5) is 13.2 Å². The first kappa shape index (κ1) is 23.3. The molecule has 1 N–H and O–H groups in total. The van der Waals surface area contributed by atoms with Crippen molar-refractivity contribution in [2.45, 2.75) is 38.6 Å². The second kappa shape index (κ2) is 11.0. The second-order valence-electron chi connectivity index (χ2n) is 5.53. The number of hydrogen-bond donors (Lipinski definition) is 1. The topological polar surface area (TPSA) is 24.5 Å². The van der Waals surface area contributed by atoms with Crippen LogP contribution in [0.5, 0.6) is 5.75 Å². The zero-order chi connectivity index (χ0) is 16.0. The van der Waals surface area contributed by atoms with Crippen molar-refractivity contribution in [3.8, 4) is 5.75 Å². The summed E-state index contributed by atoms with van der Waals surface area (Å²) in [6.45, 7) is 5.51. The van der Waals surface area contributed by atoms with Crippen molar-refractivity contribution in [3.63, 3.8) is 0 Å². The zero-order valence-electron chi connectivity index (χ0n) is 13.6. The van der Waals surface area contributed by atoms with Crippen LogP contribution in [0.3, 0.4) is 0 Å². The first-order valence-electron chi connectivity index (χ1n) is 7.80. The van der Waals surface area contributed by atoms with Crippen LogP contribution in [0.15, 0.2) is 24.3 Å². The molecule has 0 bridgehead atoms. The number of alkyl halides is 3. The third-order valence-corrected chi connectivity index (χ3v) is 3.93. The molecule has 1 saturated heterocycles. The summed E-state index contributed by atoms with van der Waals surface area (Å²) in [5.41, 5.74) is 0.634. The van der Waals surface area contributed by atoms with Gasteiger partial charge < -0.3 is 10.1 Å². The lowest BCUT2D eigenvalue weighted by molar-refractivity contribution is -0.275. The molecule has 0 saturated carbocycles. The predicted octanol–water partition coefficient (Wildman–Crippen LogP) is 4.57. The summed E-state index contributed by atoms with van der Waals surface area (Å²) in [5.74, 6) is -0.0744. The van der Waals surface area contributed by atoms with Gasteiger partial charge in [-0.3, -0.25) is 4.90 Å². The fraction of sp³-hybridized carbons (Fsp3) is 0.625. The highest BCUT2D eigenvalue weighted by Gasteiger charge is 2.33. The Balaban J connectivity index is 0.00000264. The summed E-state index contributed by atoms with van der Waals surface area (Å²) in [6, 6.07) is 6.49. The minimum absolute atomic E-state index is 0. The van der Waals surface area contributed by atoms with E-state index in [-0.39, 0.29) is 36.6 Å². The van der Waals surface area contributed by atoms with E-state index in [2.05, 4.69) is 21.9 Å². The van der Waals surface area contributed by atoms with Gasteiger partial charge in [-0.25, -0.2) is 0 Å². The van der Waals surface area contributed by atoms with Crippen LogP contribution in [0.25, 0.3) is 0 Å². The van der Waals surface area contributed by atoms with Crippen molar-refractivity contribution in [3.05, 3.63) is 29.8 Å². The Labute approximate surface area is 153 Å². The van der Waals surface area contributed by atoms with Gasteiger partial charge in [-0.2, -0.15) is 0 Å². The fourth-order valence-electron chi connectivity index (χ4n) is 2.90. The van der Waals surface area contributed by atoms with Crippen LogP contribution >= 0.6 is 24.8 Å². The van der Waals surface area contributed by atoms with Crippen molar-refractivity contribution in [1.82, 2.24) is 10.2 Å². The van der Waals surface area contributed by atoms with Crippen LogP contribution in [-0.4, -0.2) is 37.4 Å². The monoisotopic (exact) mass is 388 g/mol.